The van der Waals surface area contributed by atoms with Crippen molar-refractivity contribution in [1.29, 1.82) is 0 Å². The van der Waals surface area contributed by atoms with Crippen molar-refractivity contribution in [1.82, 2.24) is 20.1 Å². The average Bonchev–Trinajstić information content (AvgIpc) is 3.19. The van der Waals surface area contributed by atoms with Crippen LogP contribution >= 0.6 is 0 Å². The molecular weight excluding hydrogens is 453 g/mol. The molecule has 9 nitrogen and oxygen atoms in total. The summed E-state index contributed by atoms with van der Waals surface area (Å²) in [5.74, 6) is -0.267. The average molecular weight is 490 g/mol. The lowest BCUT2D eigenvalue weighted by atomic mass is 10.1. The first-order valence-corrected chi connectivity index (χ1v) is 12.1. The third-order valence-corrected chi connectivity index (χ3v) is 6.06. The predicted octanol–water partition coefficient (Wildman–Crippen LogP) is 2.82. The number of amides is 2. The van der Waals surface area contributed by atoms with Crippen LogP contribution in [0.3, 0.4) is 0 Å². The lowest BCUT2D eigenvalue weighted by molar-refractivity contribution is -0.131. The lowest BCUT2D eigenvalue weighted by Gasteiger charge is -2.32. The van der Waals surface area contributed by atoms with Crippen LogP contribution in [0.2, 0.25) is 0 Å². The number of hydrogen-bond donors (Lipinski definition) is 0. The van der Waals surface area contributed by atoms with Crippen molar-refractivity contribution >= 4 is 17.5 Å². The molecule has 1 aromatic carbocycles. The van der Waals surface area contributed by atoms with E-state index < -0.39 is 5.82 Å². The minimum Gasteiger partial charge on any atom is -0.375 e. The summed E-state index contributed by atoms with van der Waals surface area (Å²) in [6.07, 6.45) is 1.60. The number of methoxy groups -OCH3 is 1. The number of anilines is 1. The minimum absolute atomic E-state index is 0.0437. The maximum Gasteiger partial charge on any atom is 0.252 e. The Bertz CT molecular complexity index is 996. The zero-order chi connectivity index (χ0) is 25.4. The van der Waals surface area contributed by atoms with Crippen LogP contribution in [-0.4, -0.2) is 78.4 Å². The molecule has 1 aliphatic heterocycles. The van der Waals surface area contributed by atoms with E-state index in [1.54, 1.807) is 22.8 Å². The molecule has 0 saturated carbocycles. The summed E-state index contributed by atoms with van der Waals surface area (Å²) in [6.45, 7) is 9.77. The molecule has 0 saturated heterocycles. The third kappa shape index (κ3) is 7.57. The van der Waals surface area contributed by atoms with Gasteiger partial charge in [0.05, 0.1) is 6.42 Å². The van der Waals surface area contributed by atoms with Gasteiger partial charge < -0.3 is 19.4 Å². The zero-order valence-corrected chi connectivity index (χ0v) is 21.1. The molecular formula is C25H36FN5O4. The van der Waals surface area contributed by atoms with Gasteiger partial charge in [-0.25, -0.2) is 9.02 Å². The summed E-state index contributed by atoms with van der Waals surface area (Å²) in [6, 6.07) is 4.37. The third-order valence-electron chi connectivity index (χ3n) is 6.06. The molecule has 1 aliphatic rings. The molecule has 35 heavy (non-hydrogen) atoms. The topological polar surface area (TPSA) is 92.0 Å². The van der Waals surface area contributed by atoms with Gasteiger partial charge in [0, 0.05) is 39.0 Å². The number of aryl methyl sites for hydroxylation is 1. The van der Waals surface area contributed by atoms with Crippen molar-refractivity contribution in [2.75, 3.05) is 51.3 Å². The molecule has 0 radical (unpaired) electrons. The van der Waals surface area contributed by atoms with Crippen LogP contribution < -0.4 is 4.90 Å². The molecule has 10 heteroatoms. The van der Waals surface area contributed by atoms with E-state index in [4.69, 9.17) is 9.37 Å². The molecule has 2 amide bonds. The highest BCUT2D eigenvalue weighted by Crippen LogP contribution is 2.25. The first-order chi connectivity index (χ1) is 16.8. The maximum absolute atomic E-state index is 14.3. The number of ether oxygens (including phenoxy) is 1. The van der Waals surface area contributed by atoms with Crippen LogP contribution in [0.5, 0.6) is 0 Å². The zero-order valence-electron chi connectivity index (χ0n) is 21.1. The molecule has 0 unspecified atom stereocenters. The van der Waals surface area contributed by atoms with Crippen molar-refractivity contribution < 1.29 is 23.3 Å². The number of carbonyl (C=O) groups is 2. The second kappa shape index (κ2) is 12.7. The molecule has 2 aromatic rings. The molecule has 0 aliphatic carbocycles. The highest BCUT2D eigenvalue weighted by atomic mass is 19.1. The Hall–Kier alpha value is -2.85. The minimum atomic E-state index is -0.415. The Kier molecular flexibility index (Phi) is 9.73. The van der Waals surface area contributed by atoms with Gasteiger partial charge in [-0.2, -0.15) is 0 Å². The Morgan fingerprint density at radius 1 is 1.11 bits per heavy atom. The standard InChI is InChI=1S/C25H36FN5O4/c1-18(2)15-29-9-5-11-30(24(32)14-22-19(3)27-35-28-22)16-20-13-21(26)7-8-23(20)31(12-6-10-29)25(33)17-34-4/h7-8,13,18H,5-6,9-12,14-17H2,1-4H3. The fourth-order valence-corrected chi connectivity index (χ4v) is 4.44. The smallest absolute Gasteiger partial charge is 0.252 e. The summed E-state index contributed by atoms with van der Waals surface area (Å²) in [5, 5.41) is 7.60. The van der Waals surface area contributed by atoms with Crippen molar-refractivity contribution in [2.24, 2.45) is 5.92 Å². The largest absolute Gasteiger partial charge is 0.375 e. The first kappa shape index (κ1) is 26.7. The predicted molar refractivity (Wildman–Crippen MR) is 129 cm³/mol. The van der Waals surface area contributed by atoms with Crippen molar-refractivity contribution in [3.63, 3.8) is 0 Å². The van der Waals surface area contributed by atoms with Gasteiger partial charge in [0.15, 0.2) is 0 Å². The van der Waals surface area contributed by atoms with Gasteiger partial charge in [-0.3, -0.25) is 9.59 Å². The lowest BCUT2D eigenvalue weighted by Crippen LogP contribution is -2.41. The van der Waals surface area contributed by atoms with E-state index >= 15 is 0 Å². The van der Waals surface area contributed by atoms with E-state index in [-0.39, 0.29) is 31.4 Å². The maximum atomic E-state index is 14.3. The van der Waals surface area contributed by atoms with Crippen LogP contribution in [0, 0.1) is 18.7 Å². The van der Waals surface area contributed by atoms with E-state index in [1.165, 1.54) is 19.2 Å². The number of rotatable bonds is 6. The Morgan fingerprint density at radius 3 is 2.51 bits per heavy atom. The number of hydrogen-bond acceptors (Lipinski definition) is 7. The molecule has 0 fully saturated rings. The van der Waals surface area contributed by atoms with E-state index in [0.29, 0.717) is 41.6 Å². The van der Waals surface area contributed by atoms with Crippen molar-refractivity contribution in [2.45, 2.75) is 46.6 Å². The van der Waals surface area contributed by atoms with E-state index in [0.717, 1.165) is 32.5 Å². The van der Waals surface area contributed by atoms with Crippen LogP contribution in [0.4, 0.5) is 10.1 Å². The number of halogens is 1. The van der Waals surface area contributed by atoms with Crippen LogP contribution in [0.1, 0.15) is 43.6 Å². The van der Waals surface area contributed by atoms with Crippen LogP contribution in [0.25, 0.3) is 0 Å². The number of fused-ring (bicyclic) bond motifs is 1. The fraction of sp³-hybridized carbons (Fsp3) is 0.600. The monoisotopic (exact) mass is 489 g/mol. The fourth-order valence-electron chi connectivity index (χ4n) is 4.44. The summed E-state index contributed by atoms with van der Waals surface area (Å²) < 4.78 is 24.2. The quantitative estimate of drug-likeness (QED) is 0.616. The highest BCUT2D eigenvalue weighted by molar-refractivity contribution is 5.95. The van der Waals surface area contributed by atoms with Gasteiger partial charge in [0.2, 0.25) is 5.91 Å². The van der Waals surface area contributed by atoms with Gasteiger partial charge in [-0.15, -0.1) is 0 Å². The molecule has 1 aromatic heterocycles. The molecule has 0 atom stereocenters. The number of nitrogens with zero attached hydrogens (tertiary/aromatic N) is 5. The summed E-state index contributed by atoms with van der Waals surface area (Å²) in [4.78, 5) is 32.0. The normalized spacial score (nSPS) is 16.1. The van der Waals surface area contributed by atoms with Gasteiger partial charge in [-0.05, 0) is 62.5 Å². The Morgan fingerprint density at radius 2 is 1.86 bits per heavy atom. The summed E-state index contributed by atoms with van der Waals surface area (Å²) >= 11 is 0. The van der Waals surface area contributed by atoms with Crippen molar-refractivity contribution in [3.05, 3.63) is 41.0 Å². The highest BCUT2D eigenvalue weighted by Gasteiger charge is 2.24. The van der Waals surface area contributed by atoms with Gasteiger partial charge in [0.1, 0.15) is 23.8 Å². The summed E-state index contributed by atoms with van der Waals surface area (Å²) in [5.41, 5.74) is 2.23. The Balaban J connectivity index is 1.94. The molecule has 0 spiro atoms. The van der Waals surface area contributed by atoms with Gasteiger partial charge in [-0.1, -0.05) is 24.2 Å². The Labute approximate surface area is 206 Å². The molecule has 2 heterocycles. The summed E-state index contributed by atoms with van der Waals surface area (Å²) in [7, 11) is 1.48. The van der Waals surface area contributed by atoms with Crippen molar-refractivity contribution in [3.8, 4) is 0 Å². The van der Waals surface area contributed by atoms with E-state index in [2.05, 4.69) is 29.1 Å². The second-order valence-electron chi connectivity index (χ2n) is 9.44. The molecule has 192 valence electrons. The number of carbonyl (C=O) groups excluding carboxylic acids is 2. The van der Waals surface area contributed by atoms with E-state index in [9.17, 15) is 14.0 Å². The number of aromatic nitrogens is 2. The van der Waals surface area contributed by atoms with Gasteiger partial charge >= 0.3 is 0 Å². The first-order valence-electron chi connectivity index (χ1n) is 12.1. The second-order valence-corrected chi connectivity index (χ2v) is 9.44. The SMILES string of the molecule is COCC(=O)N1CCCN(CC(C)C)CCCN(C(=O)Cc2nonc2C)Cc2cc(F)ccc21. The molecule has 0 N–H and O–H groups in total. The van der Waals surface area contributed by atoms with Crippen LogP contribution in [0.15, 0.2) is 22.8 Å². The molecule has 3 rings (SSSR count). The molecule has 0 bridgehead atoms. The number of benzene rings is 1. The van der Waals surface area contributed by atoms with Gasteiger partial charge in [0.25, 0.3) is 5.91 Å². The van der Waals surface area contributed by atoms with Crippen LogP contribution in [-0.2, 0) is 27.3 Å². The van der Waals surface area contributed by atoms with E-state index in [1.807, 2.05) is 0 Å².